The summed E-state index contributed by atoms with van der Waals surface area (Å²) < 4.78 is 41.5. The monoisotopic (exact) mass is 602 g/mol. The van der Waals surface area contributed by atoms with Crippen LogP contribution in [0.5, 0.6) is 5.75 Å². The van der Waals surface area contributed by atoms with Gasteiger partial charge in [0.1, 0.15) is 5.82 Å². The van der Waals surface area contributed by atoms with Gasteiger partial charge in [0, 0.05) is 17.5 Å². The van der Waals surface area contributed by atoms with Crippen LogP contribution < -0.4 is 4.74 Å². The number of halogens is 2. The van der Waals surface area contributed by atoms with Gasteiger partial charge in [-0.1, -0.05) is 97.0 Å². The minimum Gasteiger partial charge on any atom is -0.478 e. The van der Waals surface area contributed by atoms with Gasteiger partial charge in [-0.15, -0.1) is 0 Å². The number of carboxylic acids is 1. The number of hydrogen-bond acceptors (Lipinski definition) is 5. The summed E-state index contributed by atoms with van der Waals surface area (Å²) in [6, 6.07) is 5.45. The SMILES string of the molecule is CCCCCCCCCCC(=O)Oc1ccc(C(=O)O)c(-c2ccc(C(=O)O[C@H](C)CCCCCCCC)cc2F)c1F. The molecular weight excluding hydrogens is 554 g/mol. The minimum atomic E-state index is -1.47. The second-order valence-corrected chi connectivity index (χ2v) is 11.3. The van der Waals surface area contributed by atoms with Crippen LogP contribution in [-0.4, -0.2) is 29.1 Å². The van der Waals surface area contributed by atoms with Crippen LogP contribution in [0.3, 0.4) is 0 Å². The third kappa shape index (κ3) is 12.5. The van der Waals surface area contributed by atoms with E-state index >= 15 is 8.78 Å². The van der Waals surface area contributed by atoms with Crippen molar-refractivity contribution in [3.8, 4) is 16.9 Å². The summed E-state index contributed by atoms with van der Waals surface area (Å²) in [6.45, 7) is 6.10. The molecule has 43 heavy (non-hydrogen) atoms. The highest BCUT2D eigenvalue weighted by Crippen LogP contribution is 2.35. The summed E-state index contributed by atoms with van der Waals surface area (Å²) in [4.78, 5) is 36.9. The molecule has 0 amide bonds. The fraction of sp³-hybridized carbons (Fsp3) is 0.571. The van der Waals surface area contributed by atoms with E-state index in [2.05, 4.69) is 13.8 Å². The van der Waals surface area contributed by atoms with Crippen molar-refractivity contribution < 1.29 is 37.7 Å². The van der Waals surface area contributed by atoms with Gasteiger partial charge in [0.05, 0.1) is 17.2 Å². The van der Waals surface area contributed by atoms with Crippen LogP contribution in [0.2, 0.25) is 0 Å². The molecule has 6 nitrogen and oxygen atoms in total. The first kappa shape index (κ1) is 35.9. The Labute approximate surface area is 255 Å². The number of aromatic carboxylic acids is 1. The van der Waals surface area contributed by atoms with Crippen LogP contribution >= 0.6 is 0 Å². The first-order valence-corrected chi connectivity index (χ1v) is 16.0. The van der Waals surface area contributed by atoms with Crippen molar-refractivity contribution in [3.05, 3.63) is 53.1 Å². The molecule has 0 spiro atoms. The van der Waals surface area contributed by atoms with E-state index < -0.39 is 46.4 Å². The third-order valence-corrected chi connectivity index (χ3v) is 7.54. The molecule has 0 aliphatic rings. The Morgan fingerprint density at radius 1 is 0.791 bits per heavy atom. The normalized spacial score (nSPS) is 11.7. The Morgan fingerprint density at radius 3 is 1.95 bits per heavy atom. The molecule has 0 heterocycles. The minimum absolute atomic E-state index is 0.0683. The van der Waals surface area contributed by atoms with Crippen molar-refractivity contribution in [2.75, 3.05) is 0 Å². The number of benzene rings is 2. The second-order valence-electron chi connectivity index (χ2n) is 11.3. The quantitative estimate of drug-likeness (QED) is 0.0869. The lowest BCUT2D eigenvalue weighted by atomic mass is 9.96. The smallest absolute Gasteiger partial charge is 0.338 e. The van der Waals surface area contributed by atoms with Crippen LogP contribution in [0, 0.1) is 11.6 Å². The number of carbonyl (C=O) groups is 3. The molecule has 2 aromatic carbocycles. The molecule has 0 saturated carbocycles. The van der Waals surface area contributed by atoms with Gasteiger partial charge in [0.25, 0.3) is 0 Å². The van der Waals surface area contributed by atoms with Crippen LogP contribution in [0.15, 0.2) is 30.3 Å². The maximum absolute atomic E-state index is 15.6. The Hall–Kier alpha value is -3.29. The van der Waals surface area contributed by atoms with Crippen molar-refractivity contribution in [3.63, 3.8) is 0 Å². The van der Waals surface area contributed by atoms with Crippen molar-refractivity contribution in [2.24, 2.45) is 0 Å². The first-order chi connectivity index (χ1) is 20.7. The van der Waals surface area contributed by atoms with Gasteiger partial charge in [0.2, 0.25) is 0 Å². The van der Waals surface area contributed by atoms with Gasteiger partial charge in [-0.3, -0.25) is 4.79 Å². The number of ether oxygens (including phenoxy) is 2. The summed E-state index contributed by atoms with van der Waals surface area (Å²) in [5, 5.41) is 9.65. The van der Waals surface area contributed by atoms with Gasteiger partial charge < -0.3 is 14.6 Å². The summed E-state index contributed by atoms with van der Waals surface area (Å²) in [5.74, 6) is -5.47. The van der Waals surface area contributed by atoms with Crippen LogP contribution in [0.1, 0.15) is 144 Å². The maximum Gasteiger partial charge on any atom is 0.338 e. The molecule has 1 N–H and O–H groups in total. The van der Waals surface area contributed by atoms with E-state index in [-0.39, 0.29) is 23.7 Å². The van der Waals surface area contributed by atoms with E-state index in [1.165, 1.54) is 51.0 Å². The Kier molecular flexibility index (Phi) is 16.5. The lowest BCUT2D eigenvalue weighted by molar-refractivity contribution is -0.134. The summed E-state index contributed by atoms with van der Waals surface area (Å²) in [7, 11) is 0. The van der Waals surface area contributed by atoms with Crippen molar-refractivity contribution in [1.82, 2.24) is 0 Å². The average molecular weight is 603 g/mol. The van der Waals surface area contributed by atoms with Crippen molar-refractivity contribution >= 4 is 17.9 Å². The molecule has 0 aliphatic carbocycles. The lowest BCUT2D eigenvalue weighted by Gasteiger charge is -2.15. The van der Waals surface area contributed by atoms with E-state index in [4.69, 9.17) is 9.47 Å². The van der Waals surface area contributed by atoms with Crippen molar-refractivity contribution in [2.45, 2.75) is 130 Å². The summed E-state index contributed by atoms with van der Waals surface area (Å²) >= 11 is 0. The molecule has 0 saturated heterocycles. The Bertz CT molecular complexity index is 1180. The predicted molar refractivity (Wildman–Crippen MR) is 164 cm³/mol. The third-order valence-electron chi connectivity index (χ3n) is 7.54. The molecular formula is C35H48F2O6. The molecule has 2 rings (SSSR count). The van der Waals surface area contributed by atoms with Crippen LogP contribution in [-0.2, 0) is 9.53 Å². The largest absolute Gasteiger partial charge is 0.478 e. The zero-order valence-corrected chi connectivity index (χ0v) is 26.0. The Morgan fingerprint density at radius 2 is 1.37 bits per heavy atom. The molecule has 0 aliphatic heterocycles. The van der Waals surface area contributed by atoms with Gasteiger partial charge in [-0.2, -0.15) is 0 Å². The van der Waals surface area contributed by atoms with Gasteiger partial charge in [-0.25, -0.2) is 18.4 Å². The highest BCUT2D eigenvalue weighted by Gasteiger charge is 2.25. The molecule has 2 aromatic rings. The van der Waals surface area contributed by atoms with E-state index in [9.17, 15) is 19.5 Å². The first-order valence-electron chi connectivity index (χ1n) is 16.0. The van der Waals surface area contributed by atoms with Gasteiger partial charge in [-0.05, 0) is 50.5 Å². The molecule has 0 fully saturated rings. The van der Waals surface area contributed by atoms with Crippen molar-refractivity contribution in [1.29, 1.82) is 0 Å². The molecule has 8 heteroatoms. The molecule has 0 unspecified atom stereocenters. The van der Waals surface area contributed by atoms with Gasteiger partial charge in [0.15, 0.2) is 11.6 Å². The fourth-order valence-corrected chi connectivity index (χ4v) is 5.02. The summed E-state index contributed by atoms with van der Waals surface area (Å²) in [6.07, 6.45) is 15.4. The van der Waals surface area contributed by atoms with Gasteiger partial charge >= 0.3 is 17.9 Å². The molecule has 1 atom stereocenters. The summed E-state index contributed by atoms with van der Waals surface area (Å²) in [5.41, 5.74) is -1.49. The van der Waals surface area contributed by atoms with E-state index in [0.717, 1.165) is 62.8 Å². The van der Waals surface area contributed by atoms with E-state index in [1.807, 2.05) is 0 Å². The Balaban J connectivity index is 2.05. The second kappa shape index (κ2) is 19.8. The van der Waals surface area contributed by atoms with E-state index in [0.29, 0.717) is 12.8 Å². The zero-order chi connectivity index (χ0) is 31.6. The predicted octanol–water partition coefficient (Wildman–Crippen LogP) is 10.1. The van der Waals surface area contributed by atoms with Crippen LogP contribution in [0.4, 0.5) is 8.78 Å². The average Bonchev–Trinajstić information content (AvgIpc) is 2.97. The van der Waals surface area contributed by atoms with E-state index in [1.54, 1.807) is 6.92 Å². The number of carbonyl (C=O) groups excluding carboxylic acids is 2. The topological polar surface area (TPSA) is 89.9 Å². The number of rotatable bonds is 21. The molecule has 0 radical (unpaired) electrons. The maximum atomic E-state index is 15.6. The fourth-order valence-electron chi connectivity index (χ4n) is 5.02. The molecule has 238 valence electrons. The van der Waals surface area contributed by atoms with Crippen LogP contribution in [0.25, 0.3) is 11.1 Å². The number of esters is 2. The highest BCUT2D eigenvalue weighted by molar-refractivity contribution is 5.97. The number of unbranched alkanes of at least 4 members (excludes halogenated alkanes) is 12. The molecule has 0 aromatic heterocycles. The lowest BCUT2D eigenvalue weighted by Crippen LogP contribution is -2.15. The molecule has 0 bridgehead atoms. The standard InChI is InChI=1S/C35H48F2O6/c1-4-6-8-10-12-13-15-17-19-31(38)43-30-23-22-28(34(39)40)32(33(30)37)27-21-20-26(24-29(27)36)35(41)42-25(3)18-16-14-11-9-7-5-2/h20-25H,4-19H2,1-3H3,(H,39,40)/t25-/m1/s1. The number of hydrogen-bond donors (Lipinski definition) is 1. The highest BCUT2D eigenvalue weighted by atomic mass is 19.1. The number of carboxylic acid groups (broad SMARTS) is 1. The zero-order valence-electron chi connectivity index (χ0n) is 26.0.